The molecule has 1 fully saturated rings. The van der Waals surface area contributed by atoms with Gasteiger partial charge in [0.1, 0.15) is 0 Å². The third-order valence-corrected chi connectivity index (χ3v) is 6.07. The maximum Gasteiger partial charge on any atom is 0.416 e. The molecule has 7 heteroatoms. The van der Waals surface area contributed by atoms with E-state index in [9.17, 15) is 23.1 Å². The van der Waals surface area contributed by atoms with E-state index in [2.05, 4.69) is 0 Å². The summed E-state index contributed by atoms with van der Waals surface area (Å²) in [4.78, 5) is 13.6. The van der Waals surface area contributed by atoms with Gasteiger partial charge in [0.25, 0.3) is 0 Å². The maximum atomic E-state index is 12.8. The summed E-state index contributed by atoms with van der Waals surface area (Å²) in [5.74, 6) is 0.309. The van der Waals surface area contributed by atoms with Crippen LogP contribution >= 0.6 is 11.8 Å². The number of benzene rings is 1. The minimum Gasteiger partial charge on any atom is -0.465 e. The molecular weight excluding hydrogens is 363 g/mol. The van der Waals surface area contributed by atoms with Gasteiger partial charge in [-0.05, 0) is 70.6 Å². The van der Waals surface area contributed by atoms with Gasteiger partial charge in [0, 0.05) is 22.2 Å². The van der Waals surface area contributed by atoms with Crippen LogP contribution < -0.4 is 0 Å². The van der Waals surface area contributed by atoms with E-state index in [-0.39, 0.29) is 5.25 Å². The molecule has 146 valence electrons. The first-order chi connectivity index (χ1) is 12.0. The van der Waals surface area contributed by atoms with Gasteiger partial charge in [0.05, 0.1) is 5.56 Å². The van der Waals surface area contributed by atoms with Crippen molar-refractivity contribution >= 4 is 17.9 Å². The fraction of sp³-hybridized carbons (Fsp3) is 0.632. The smallest absolute Gasteiger partial charge is 0.416 e. The second-order valence-corrected chi connectivity index (χ2v) is 9.22. The lowest BCUT2D eigenvalue weighted by atomic mass is 9.87. The molecule has 1 amide bonds. The van der Waals surface area contributed by atoms with Crippen LogP contribution in [0.5, 0.6) is 0 Å². The van der Waals surface area contributed by atoms with Crippen LogP contribution in [0, 0.1) is 5.92 Å². The standard InChI is InChI=1S/C19H26F3NO2S/c1-18(2,3)23(17(24)25)12-13-7-9-15(10-8-13)26-16-6-4-5-14(11-16)19(20,21)22/h4-6,11,13,15H,7-10,12H2,1-3H3,(H,24,25). The number of hydrogen-bond donors (Lipinski definition) is 1. The van der Waals surface area contributed by atoms with E-state index in [1.54, 1.807) is 6.07 Å². The van der Waals surface area contributed by atoms with E-state index in [1.807, 2.05) is 20.8 Å². The minimum atomic E-state index is -4.32. The number of hydrogen-bond acceptors (Lipinski definition) is 2. The summed E-state index contributed by atoms with van der Waals surface area (Å²) in [6.45, 7) is 6.17. The fourth-order valence-electron chi connectivity index (χ4n) is 3.27. The SMILES string of the molecule is CC(C)(C)N(CC1CCC(Sc2cccc(C(F)(F)F)c2)CC1)C(=O)O. The summed E-state index contributed by atoms with van der Waals surface area (Å²) in [5.41, 5.74) is -1.05. The molecule has 1 aromatic rings. The highest BCUT2D eigenvalue weighted by atomic mass is 32.2. The number of thioether (sulfide) groups is 1. The highest BCUT2D eigenvalue weighted by molar-refractivity contribution is 8.00. The van der Waals surface area contributed by atoms with Gasteiger partial charge in [-0.3, -0.25) is 0 Å². The van der Waals surface area contributed by atoms with Crippen molar-refractivity contribution in [2.45, 2.75) is 68.3 Å². The van der Waals surface area contributed by atoms with Gasteiger partial charge in [-0.15, -0.1) is 11.8 Å². The normalized spacial score (nSPS) is 21.5. The summed E-state index contributed by atoms with van der Waals surface area (Å²) < 4.78 is 38.5. The number of rotatable bonds is 4. The van der Waals surface area contributed by atoms with E-state index in [0.29, 0.717) is 17.4 Å². The van der Waals surface area contributed by atoms with Gasteiger partial charge >= 0.3 is 12.3 Å². The Morgan fingerprint density at radius 1 is 1.19 bits per heavy atom. The molecule has 0 unspecified atom stereocenters. The topological polar surface area (TPSA) is 40.5 Å². The molecule has 2 rings (SSSR count). The van der Waals surface area contributed by atoms with Gasteiger partial charge < -0.3 is 10.0 Å². The van der Waals surface area contributed by atoms with Crippen molar-refractivity contribution in [3.8, 4) is 0 Å². The van der Waals surface area contributed by atoms with Crippen molar-refractivity contribution in [1.29, 1.82) is 0 Å². The average Bonchev–Trinajstić information content (AvgIpc) is 2.52. The Bertz CT molecular complexity index is 620. The lowest BCUT2D eigenvalue weighted by Gasteiger charge is -2.38. The number of halogens is 3. The average molecular weight is 389 g/mol. The van der Waals surface area contributed by atoms with Crippen LogP contribution in [0.1, 0.15) is 52.0 Å². The Morgan fingerprint density at radius 3 is 2.31 bits per heavy atom. The van der Waals surface area contributed by atoms with Crippen molar-refractivity contribution < 1.29 is 23.1 Å². The molecule has 0 atom stereocenters. The minimum absolute atomic E-state index is 0.280. The molecule has 3 nitrogen and oxygen atoms in total. The molecule has 0 heterocycles. The van der Waals surface area contributed by atoms with Crippen molar-refractivity contribution in [2.75, 3.05) is 6.54 Å². The number of nitrogens with zero attached hydrogens (tertiary/aromatic N) is 1. The predicted molar refractivity (Wildman–Crippen MR) is 97.5 cm³/mol. The van der Waals surface area contributed by atoms with Crippen LogP contribution in [-0.4, -0.2) is 33.4 Å². The van der Waals surface area contributed by atoms with E-state index >= 15 is 0 Å². The largest absolute Gasteiger partial charge is 0.465 e. The Kier molecular flexibility index (Phi) is 6.53. The van der Waals surface area contributed by atoms with Crippen LogP contribution in [0.3, 0.4) is 0 Å². The van der Waals surface area contributed by atoms with Crippen molar-refractivity contribution in [3.63, 3.8) is 0 Å². The molecule has 26 heavy (non-hydrogen) atoms. The molecule has 0 aromatic heterocycles. The van der Waals surface area contributed by atoms with Crippen LogP contribution in [0.15, 0.2) is 29.2 Å². The van der Waals surface area contributed by atoms with Gasteiger partial charge in [-0.2, -0.15) is 13.2 Å². The van der Waals surface area contributed by atoms with Crippen LogP contribution in [0.4, 0.5) is 18.0 Å². The van der Waals surface area contributed by atoms with Gasteiger partial charge in [0.15, 0.2) is 0 Å². The Balaban J connectivity index is 1.90. The Morgan fingerprint density at radius 2 is 1.81 bits per heavy atom. The third kappa shape index (κ3) is 5.83. The fourth-order valence-corrected chi connectivity index (χ4v) is 4.51. The highest BCUT2D eigenvalue weighted by Crippen LogP contribution is 2.38. The molecule has 1 N–H and O–H groups in total. The molecule has 1 aromatic carbocycles. The van der Waals surface area contributed by atoms with Gasteiger partial charge in [0.2, 0.25) is 0 Å². The quantitative estimate of drug-likeness (QED) is 0.673. The Labute approximate surface area is 157 Å². The maximum absolute atomic E-state index is 12.8. The number of carbonyl (C=O) groups is 1. The molecule has 0 aliphatic heterocycles. The zero-order valence-corrected chi connectivity index (χ0v) is 16.2. The van der Waals surface area contributed by atoms with E-state index in [0.717, 1.165) is 31.7 Å². The first kappa shape index (κ1) is 20.9. The molecule has 1 aliphatic rings. The summed E-state index contributed by atoms with van der Waals surface area (Å²) >= 11 is 1.50. The van der Waals surface area contributed by atoms with Crippen molar-refractivity contribution in [1.82, 2.24) is 4.90 Å². The molecule has 1 aliphatic carbocycles. The lowest BCUT2D eigenvalue weighted by Crippen LogP contribution is -2.47. The van der Waals surface area contributed by atoms with Crippen molar-refractivity contribution in [3.05, 3.63) is 29.8 Å². The molecule has 0 bridgehead atoms. The molecule has 0 spiro atoms. The molecule has 0 saturated heterocycles. The van der Waals surface area contributed by atoms with E-state index in [4.69, 9.17) is 0 Å². The highest BCUT2D eigenvalue weighted by Gasteiger charge is 2.32. The predicted octanol–water partition coefficient (Wildman–Crippen LogP) is 6.13. The van der Waals surface area contributed by atoms with Crippen molar-refractivity contribution in [2.24, 2.45) is 5.92 Å². The second kappa shape index (κ2) is 8.11. The molecule has 1 saturated carbocycles. The summed E-state index contributed by atoms with van der Waals surface area (Å²) in [6.07, 6.45) is -1.64. The number of alkyl halides is 3. The van der Waals surface area contributed by atoms with E-state index in [1.165, 1.54) is 28.8 Å². The third-order valence-electron chi connectivity index (χ3n) is 4.74. The molecule has 0 radical (unpaired) electrons. The first-order valence-corrected chi connectivity index (χ1v) is 9.69. The Hall–Kier alpha value is -1.37. The monoisotopic (exact) mass is 389 g/mol. The summed E-state index contributed by atoms with van der Waals surface area (Å²) in [5, 5.41) is 9.69. The van der Waals surface area contributed by atoms with Gasteiger partial charge in [-0.1, -0.05) is 6.07 Å². The van der Waals surface area contributed by atoms with Crippen LogP contribution in [0.25, 0.3) is 0 Å². The lowest BCUT2D eigenvalue weighted by molar-refractivity contribution is -0.137. The molecular formula is C19H26F3NO2S. The summed E-state index contributed by atoms with van der Waals surface area (Å²) in [7, 11) is 0. The number of amides is 1. The number of carboxylic acid groups (broad SMARTS) is 1. The second-order valence-electron chi connectivity index (χ2n) is 7.85. The van der Waals surface area contributed by atoms with Crippen LogP contribution in [0.2, 0.25) is 0 Å². The first-order valence-electron chi connectivity index (χ1n) is 8.81. The van der Waals surface area contributed by atoms with Crippen LogP contribution in [-0.2, 0) is 6.18 Å². The van der Waals surface area contributed by atoms with Gasteiger partial charge in [-0.25, -0.2) is 4.79 Å². The zero-order chi connectivity index (χ0) is 19.5. The summed E-state index contributed by atoms with van der Waals surface area (Å²) in [6, 6.07) is 5.47. The zero-order valence-electron chi connectivity index (χ0n) is 15.3. The van der Waals surface area contributed by atoms with E-state index < -0.39 is 23.4 Å².